The molecule has 1 nitrogen and oxygen atoms in total. The molecule has 0 bridgehead atoms. The number of carbonyl (C=O) groups is 1. The Morgan fingerprint density at radius 2 is 1.08 bits per heavy atom. The first-order valence-electron chi connectivity index (χ1n) is 8.11. The first-order chi connectivity index (χ1) is 12.3. The third kappa shape index (κ3) is 3.74. The number of allylic oxidation sites excluding steroid dienone is 1. The molecule has 124 valence electrons. The molecule has 0 heterocycles. The van der Waals surface area contributed by atoms with Crippen molar-refractivity contribution in [1.29, 1.82) is 0 Å². The Morgan fingerprint density at radius 3 is 1.40 bits per heavy atom. The highest BCUT2D eigenvalue weighted by Crippen LogP contribution is 2.56. The molecule has 0 saturated heterocycles. The highest BCUT2D eigenvalue weighted by Gasteiger charge is 2.43. The molecule has 0 amide bonds. The summed E-state index contributed by atoms with van der Waals surface area (Å²) >= 11 is 5.73. The van der Waals surface area contributed by atoms with Crippen LogP contribution in [0.5, 0.6) is 0 Å². The Labute approximate surface area is 154 Å². The lowest BCUT2D eigenvalue weighted by atomic mass is 10.4. The van der Waals surface area contributed by atoms with Crippen LogP contribution in [0.2, 0.25) is 0 Å². The summed E-state index contributed by atoms with van der Waals surface area (Å²) < 4.78 is 0. The standard InChI is InChI=1S/C22H19ClOP/c23-18-19(24)16-17-25(20-10-4-1-5-11-20,21-12-6-2-7-13-21)22-14-8-3-9-15-22/h1-17H,18H2/q+1. The summed E-state index contributed by atoms with van der Waals surface area (Å²) in [6.07, 6.45) is 1.65. The molecule has 0 atom stereocenters. The maximum Gasteiger partial charge on any atom is 0.173 e. The second-order valence-corrected chi connectivity index (χ2v) is 9.21. The molecular weight excluding hydrogens is 347 g/mol. The van der Waals surface area contributed by atoms with Crippen molar-refractivity contribution in [1.82, 2.24) is 0 Å². The van der Waals surface area contributed by atoms with Crippen LogP contribution in [0.1, 0.15) is 0 Å². The molecular formula is C22H19ClOP+. The van der Waals surface area contributed by atoms with Crippen LogP contribution in [-0.2, 0) is 4.79 Å². The van der Waals surface area contributed by atoms with E-state index in [-0.39, 0.29) is 11.7 Å². The Kier molecular flexibility index (Phi) is 5.81. The molecule has 0 radical (unpaired) electrons. The second kappa shape index (κ2) is 8.25. The first-order valence-corrected chi connectivity index (χ1v) is 10.5. The smallest absolute Gasteiger partial charge is 0.173 e. The van der Waals surface area contributed by atoms with E-state index < -0.39 is 7.26 Å². The van der Waals surface area contributed by atoms with Gasteiger partial charge in [-0.05, 0) is 36.4 Å². The molecule has 0 aromatic heterocycles. The van der Waals surface area contributed by atoms with Crippen molar-refractivity contribution in [3.63, 3.8) is 0 Å². The maximum atomic E-state index is 12.0. The molecule has 0 aliphatic heterocycles. The second-order valence-electron chi connectivity index (χ2n) is 5.65. The Hall–Kier alpha value is -2.21. The average molecular weight is 366 g/mol. The zero-order chi connectivity index (χ0) is 17.5. The van der Waals surface area contributed by atoms with Crippen LogP contribution in [0, 0.1) is 0 Å². The van der Waals surface area contributed by atoms with E-state index in [9.17, 15) is 4.79 Å². The molecule has 3 rings (SSSR count). The van der Waals surface area contributed by atoms with Gasteiger partial charge in [0, 0.05) is 6.08 Å². The van der Waals surface area contributed by atoms with Gasteiger partial charge in [0.25, 0.3) is 0 Å². The number of benzene rings is 3. The summed E-state index contributed by atoms with van der Waals surface area (Å²) in [6.45, 7) is 0. The number of alkyl halides is 1. The summed E-state index contributed by atoms with van der Waals surface area (Å²) in [4.78, 5) is 12.0. The van der Waals surface area contributed by atoms with E-state index in [1.165, 1.54) is 15.9 Å². The van der Waals surface area contributed by atoms with Crippen LogP contribution in [0.15, 0.2) is 103 Å². The van der Waals surface area contributed by atoms with Gasteiger partial charge in [-0.15, -0.1) is 11.6 Å². The van der Waals surface area contributed by atoms with Crippen LogP contribution >= 0.6 is 18.9 Å². The minimum atomic E-state index is -2.08. The first kappa shape index (κ1) is 17.6. The van der Waals surface area contributed by atoms with E-state index >= 15 is 0 Å². The fourth-order valence-corrected chi connectivity index (χ4v) is 6.75. The predicted molar refractivity (Wildman–Crippen MR) is 110 cm³/mol. The number of ketones is 1. The predicted octanol–water partition coefficient (Wildman–Crippen LogP) is 4.30. The fourth-order valence-electron chi connectivity index (χ4n) is 2.93. The highest BCUT2D eigenvalue weighted by molar-refractivity contribution is 7.98. The van der Waals surface area contributed by atoms with Gasteiger partial charge in [-0.3, -0.25) is 4.79 Å². The lowest BCUT2D eigenvalue weighted by Crippen LogP contribution is -2.29. The van der Waals surface area contributed by atoms with Crippen molar-refractivity contribution in [2.75, 3.05) is 5.88 Å². The van der Waals surface area contributed by atoms with Gasteiger partial charge < -0.3 is 0 Å². The summed E-state index contributed by atoms with van der Waals surface area (Å²) in [5, 5.41) is 3.64. The van der Waals surface area contributed by atoms with Crippen molar-refractivity contribution < 1.29 is 4.79 Å². The quantitative estimate of drug-likeness (QED) is 0.361. The van der Waals surface area contributed by atoms with Crippen molar-refractivity contribution in [3.8, 4) is 0 Å². The zero-order valence-electron chi connectivity index (χ0n) is 13.8. The molecule has 0 aliphatic carbocycles. The van der Waals surface area contributed by atoms with E-state index in [1.54, 1.807) is 6.08 Å². The van der Waals surface area contributed by atoms with Crippen LogP contribution < -0.4 is 15.9 Å². The Bertz CT molecular complexity index is 748. The third-order valence-electron chi connectivity index (χ3n) is 4.11. The minimum Gasteiger partial charge on any atom is -0.293 e. The van der Waals surface area contributed by atoms with Gasteiger partial charge in [-0.25, -0.2) is 0 Å². The van der Waals surface area contributed by atoms with Crippen molar-refractivity contribution in [3.05, 3.63) is 103 Å². The SMILES string of the molecule is O=C(C=C[P+](c1ccccc1)(c1ccccc1)c1ccccc1)CCl. The van der Waals surface area contributed by atoms with Crippen LogP contribution in [0.3, 0.4) is 0 Å². The van der Waals surface area contributed by atoms with E-state index in [2.05, 4.69) is 42.2 Å². The van der Waals surface area contributed by atoms with E-state index in [0.29, 0.717) is 0 Å². The molecule has 0 unspecified atom stereocenters. The lowest BCUT2D eigenvalue weighted by molar-refractivity contribution is -0.112. The molecule has 0 saturated carbocycles. The normalized spacial score (nSPS) is 11.6. The van der Waals surface area contributed by atoms with Gasteiger partial charge in [0.2, 0.25) is 0 Å². The average Bonchev–Trinajstić information content (AvgIpc) is 2.71. The molecule has 3 heteroatoms. The van der Waals surface area contributed by atoms with Gasteiger partial charge in [0.1, 0.15) is 23.2 Å². The summed E-state index contributed by atoms with van der Waals surface area (Å²) in [5.74, 6) is 2.00. The van der Waals surface area contributed by atoms with E-state index in [0.717, 1.165) is 0 Å². The van der Waals surface area contributed by atoms with Gasteiger partial charge in [0.15, 0.2) is 5.78 Å². The van der Waals surface area contributed by atoms with Crippen LogP contribution in [-0.4, -0.2) is 11.7 Å². The number of rotatable bonds is 6. The number of halogens is 1. The Morgan fingerprint density at radius 1 is 0.720 bits per heavy atom. The molecule has 0 N–H and O–H groups in total. The van der Waals surface area contributed by atoms with E-state index in [1.807, 2.05) is 54.6 Å². The van der Waals surface area contributed by atoms with Gasteiger partial charge >= 0.3 is 0 Å². The molecule has 3 aromatic rings. The Balaban J connectivity index is 2.31. The molecule has 0 aliphatic rings. The highest BCUT2D eigenvalue weighted by atomic mass is 35.5. The fraction of sp³-hybridized carbons (Fsp3) is 0.0455. The summed E-state index contributed by atoms with van der Waals surface area (Å²) in [7, 11) is -2.08. The number of hydrogen-bond donors (Lipinski definition) is 0. The van der Waals surface area contributed by atoms with Crippen LogP contribution in [0.4, 0.5) is 0 Å². The monoisotopic (exact) mass is 365 g/mol. The molecule has 25 heavy (non-hydrogen) atoms. The lowest BCUT2D eigenvalue weighted by Gasteiger charge is -2.23. The van der Waals surface area contributed by atoms with Gasteiger partial charge in [0.05, 0.1) is 11.7 Å². The van der Waals surface area contributed by atoms with Crippen LogP contribution in [0.25, 0.3) is 0 Å². The van der Waals surface area contributed by atoms with Crippen molar-refractivity contribution >= 4 is 40.6 Å². The molecule has 3 aromatic carbocycles. The summed E-state index contributed by atoms with van der Waals surface area (Å²) in [5.41, 5.74) is 0. The summed E-state index contributed by atoms with van der Waals surface area (Å²) in [6, 6.07) is 31.2. The third-order valence-corrected chi connectivity index (χ3v) is 8.30. The number of hydrogen-bond acceptors (Lipinski definition) is 1. The zero-order valence-corrected chi connectivity index (χ0v) is 15.4. The topological polar surface area (TPSA) is 17.1 Å². The van der Waals surface area contributed by atoms with Crippen molar-refractivity contribution in [2.24, 2.45) is 0 Å². The maximum absolute atomic E-state index is 12.0. The van der Waals surface area contributed by atoms with Gasteiger partial charge in [-0.2, -0.15) is 0 Å². The minimum absolute atomic E-state index is 0.00509. The molecule has 0 fully saturated rings. The molecule has 0 spiro atoms. The van der Waals surface area contributed by atoms with E-state index in [4.69, 9.17) is 11.6 Å². The van der Waals surface area contributed by atoms with Crippen molar-refractivity contribution in [2.45, 2.75) is 0 Å². The largest absolute Gasteiger partial charge is 0.293 e. The number of carbonyl (C=O) groups excluding carboxylic acids is 1. The van der Waals surface area contributed by atoms with Gasteiger partial charge in [-0.1, -0.05) is 54.6 Å².